The van der Waals surface area contributed by atoms with E-state index in [4.69, 9.17) is 8.85 Å². The van der Waals surface area contributed by atoms with Crippen molar-refractivity contribution in [2.75, 3.05) is 6.98 Å². The lowest BCUT2D eigenvalue weighted by Gasteiger charge is -2.24. The van der Waals surface area contributed by atoms with Crippen LogP contribution in [0.1, 0.15) is 55.5 Å². The van der Waals surface area contributed by atoms with E-state index in [1.54, 1.807) is 18.3 Å². The molecule has 2 aromatic carbocycles. The maximum absolute atomic E-state index is 13.5. The lowest BCUT2D eigenvalue weighted by atomic mass is 9.97. The van der Waals surface area contributed by atoms with Gasteiger partial charge in [-0.1, -0.05) is 17.9 Å². The van der Waals surface area contributed by atoms with Gasteiger partial charge in [0, 0.05) is 39.6 Å². The molecule has 0 radical (unpaired) electrons. The van der Waals surface area contributed by atoms with Crippen LogP contribution in [-0.2, 0) is 0 Å². The van der Waals surface area contributed by atoms with Crippen LogP contribution in [0, 0.1) is 11.8 Å². The number of aromatic nitrogens is 3. The molecule has 9 heteroatoms. The minimum absolute atomic E-state index is 0.0187. The molecule has 2 aliphatic heterocycles. The van der Waals surface area contributed by atoms with E-state index < -0.39 is 31.6 Å². The van der Waals surface area contributed by atoms with E-state index in [9.17, 15) is 13.6 Å². The Kier molecular flexibility index (Phi) is 3.76. The van der Waals surface area contributed by atoms with Crippen LogP contribution in [0.15, 0.2) is 48.0 Å². The van der Waals surface area contributed by atoms with E-state index in [0.717, 1.165) is 10.5 Å². The number of ether oxygens (including phenoxy) is 1. The van der Waals surface area contributed by atoms with Gasteiger partial charge in [0.25, 0.3) is 5.91 Å². The highest BCUT2D eigenvalue weighted by molar-refractivity contribution is 7.03. The van der Waals surface area contributed by atoms with Crippen LogP contribution in [0.2, 0.25) is 0 Å². The van der Waals surface area contributed by atoms with E-state index in [1.807, 2.05) is 16.0 Å². The van der Waals surface area contributed by atoms with Gasteiger partial charge in [0.15, 0.2) is 0 Å². The zero-order chi connectivity index (χ0) is 25.2. The second-order valence-electron chi connectivity index (χ2n) is 7.74. The molecular formula is C24H16F2N4O2S. The third kappa shape index (κ3) is 3.09. The Balaban J connectivity index is 1.58. The average Bonchev–Trinajstić information content (AvgIpc) is 3.51. The average molecular weight is 465 g/mol. The number of halogens is 2. The molecule has 6 nitrogen and oxygen atoms in total. The summed E-state index contributed by atoms with van der Waals surface area (Å²) in [6.07, 6.45) is 1.83. The fourth-order valence-electron chi connectivity index (χ4n) is 4.60. The minimum atomic E-state index is -3.11. The summed E-state index contributed by atoms with van der Waals surface area (Å²) in [6.45, 7) is -5.88. The first-order chi connectivity index (χ1) is 17.2. The van der Waals surface area contributed by atoms with Gasteiger partial charge in [-0.15, -0.1) is 0 Å². The molecule has 0 N–H and O–H groups in total. The topological polar surface area (TPSA) is 60.3 Å². The number of rotatable bonds is 2. The zero-order valence-corrected chi connectivity index (χ0v) is 17.6. The number of imidazole rings is 1. The number of nitrogens with zero attached hydrogens (tertiary/aromatic N) is 4. The molecule has 2 atom stereocenters. The molecule has 4 aromatic rings. The van der Waals surface area contributed by atoms with Crippen molar-refractivity contribution in [3.05, 3.63) is 76.1 Å². The Morgan fingerprint density at radius 3 is 2.91 bits per heavy atom. The van der Waals surface area contributed by atoms with E-state index >= 15 is 0 Å². The van der Waals surface area contributed by atoms with Gasteiger partial charge in [0.05, 0.1) is 34.9 Å². The van der Waals surface area contributed by atoms with Crippen LogP contribution in [0.5, 0.6) is 5.75 Å². The predicted molar refractivity (Wildman–Crippen MR) is 118 cm³/mol. The van der Waals surface area contributed by atoms with Gasteiger partial charge < -0.3 is 14.2 Å². The second-order valence-corrected chi connectivity index (χ2v) is 8.40. The predicted octanol–water partition coefficient (Wildman–Crippen LogP) is 4.61. The van der Waals surface area contributed by atoms with Crippen molar-refractivity contribution in [2.45, 2.75) is 25.1 Å². The van der Waals surface area contributed by atoms with Crippen LogP contribution in [0.25, 0.3) is 11.0 Å². The number of benzene rings is 2. The van der Waals surface area contributed by atoms with Gasteiger partial charge in [-0.3, -0.25) is 4.79 Å². The minimum Gasteiger partial charge on any atom is -0.434 e. The third-order valence-electron chi connectivity index (χ3n) is 5.93. The Labute approximate surface area is 195 Å². The standard InChI is InChI=1S/C24H16F2N4O2S/c1-29-19-10-18(21-15(23(29)31)3-2-4-20(21)32-24(25)26)30-17-9-13(5-6-14-11-27-33-12-14)7-8-16(17)28-22(19)30/h2-4,7-9,11-12,18-19,24H,10H2,1H3/t18-,19-/m1/s1/i1D3. The number of hydrogen-bond donors (Lipinski definition) is 0. The van der Waals surface area contributed by atoms with Gasteiger partial charge in [0.2, 0.25) is 0 Å². The molecule has 2 aliphatic rings. The zero-order valence-electron chi connectivity index (χ0n) is 19.8. The van der Waals surface area contributed by atoms with Gasteiger partial charge in [0.1, 0.15) is 11.6 Å². The van der Waals surface area contributed by atoms with Crippen molar-refractivity contribution < 1.29 is 22.4 Å². The van der Waals surface area contributed by atoms with Gasteiger partial charge >= 0.3 is 6.61 Å². The fourth-order valence-corrected chi connectivity index (χ4v) is 5.07. The lowest BCUT2D eigenvalue weighted by Crippen LogP contribution is -2.30. The number of hydrogen-bond acceptors (Lipinski definition) is 5. The smallest absolute Gasteiger partial charge is 0.387 e. The molecule has 6 rings (SSSR count). The first kappa shape index (κ1) is 16.8. The maximum Gasteiger partial charge on any atom is 0.387 e. The van der Waals surface area contributed by atoms with Crippen molar-refractivity contribution in [3.63, 3.8) is 0 Å². The highest BCUT2D eigenvalue weighted by Gasteiger charge is 2.44. The van der Waals surface area contributed by atoms with Crippen molar-refractivity contribution in [1.82, 2.24) is 18.8 Å². The highest BCUT2D eigenvalue weighted by Crippen LogP contribution is 2.49. The molecular weight excluding hydrogens is 446 g/mol. The number of carbonyl (C=O) groups is 1. The van der Waals surface area contributed by atoms with E-state index in [-0.39, 0.29) is 23.3 Å². The molecule has 164 valence electrons. The number of alkyl halides is 2. The first-order valence-corrected chi connectivity index (χ1v) is 10.9. The van der Waals surface area contributed by atoms with Crippen LogP contribution < -0.4 is 4.74 Å². The van der Waals surface area contributed by atoms with Crippen LogP contribution >= 0.6 is 11.5 Å². The summed E-state index contributed by atoms with van der Waals surface area (Å²) in [5.74, 6) is 5.57. The third-order valence-corrected chi connectivity index (χ3v) is 6.52. The molecule has 1 amide bonds. The molecule has 0 saturated carbocycles. The van der Waals surface area contributed by atoms with Crippen LogP contribution in [-0.4, -0.2) is 38.3 Å². The largest absolute Gasteiger partial charge is 0.434 e. The fraction of sp³-hybridized carbons (Fsp3) is 0.208. The molecule has 2 aromatic heterocycles. The van der Waals surface area contributed by atoms with E-state index in [0.29, 0.717) is 22.4 Å². The summed E-state index contributed by atoms with van der Waals surface area (Å²) >= 11 is 1.30. The normalized spacial score (nSPS) is 20.4. The Morgan fingerprint density at radius 2 is 2.12 bits per heavy atom. The van der Waals surface area contributed by atoms with E-state index in [1.165, 1.54) is 29.7 Å². The van der Waals surface area contributed by atoms with Crippen molar-refractivity contribution >= 4 is 28.5 Å². The molecule has 33 heavy (non-hydrogen) atoms. The Morgan fingerprint density at radius 1 is 1.24 bits per heavy atom. The summed E-state index contributed by atoms with van der Waals surface area (Å²) in [4.78, 5) is 18.9. The Hall–Kier alpha value is -3.77. The first-order valence-electron chi connectivity index (χ1n) is 11.6. The maximum atomic E-state index is 13.5. The number of amides is 1. The Bertz CT molecular complexity index is 1570. The monoisotopic (exact) mass is 465 g/mol. The van der Waals surface area contributed by atoms with Gasteiger partial charge in [-0.25, -0.2) is 4.98 Å². The lowest BCUT2D eigenvalue weighted by molar-refractivity contribution is -0.0507. The number of carbonyl (C=O) groups excluding carboxylic acids is 1. The van der Waals surface area contributed by atoms with Crippen molar-refractivity contribution in [3.8, 4) is 17.6 Å². The summed E-state index contributed by atoms with van der Waals surface area (Å²) in [7, 11) is 0. The molecule has 2 bridgehead atoms. The molecule has 0 saturated heterocycles. The summed E-state index contributed by atoms with van der Waals surface area (Å²) in [6, 6.07) is 8.10. The van der Waals surface area contributed by atoms with E-state index in [2.05, 4.69) is 21.2 Å². The quantitative estimate of drug-likeness (QED) is 0.406. The molecule has 0 unspecified atom stereocenters. The second kappa shape index (κ2) is 7.39. The summed E-state index contributed by atoms with van der Waals surface area (Å²) in [5.41, 5.74) is 2.95. The highest BCUT2D eigenvalue weighted by atomic mass is 32.1. The van der Waals surface area contributed by atoms with Crippen LogP contribution in [0.3, 0.4) is 0 Å². The number of fused-ring (bicyclic) bond motifs is 9. The van der Waals surface area contributed by atoms with Crippen LogP contribution in [0.4, 0.5) is 8.78 Å². The summed E-state index contributed by atoms with van der Waals surface area (Å²) < 4.78 is 61.5. The van der Waals surface area contributed by atoms with Gasteiger partial charge in [-0.2, -0.15) is 13.2 Å². The molecule has 0 fully saturated rings. The van der Waals surface area contributed by atoms with Crippen molar-refractivity contribution in [1.29, 1.82) is 0 Å². The summed E-state index contributed by atoms with van der Waals surface area (Å²) in [5, 5.41) is 1.83. The molecule has 4 heterocycles. The molecule has 0 spiro atoms. The SMILES string of the molecule is [2H]C([2H])([2H])N1C(=O)c2cccc(OC(F)F)c2[C@H]2C[C@@H]1c1nc3ccc(C#Cc4cnsc4)cc3n12. The van der Waals surface area contributed by atoms with Gasteiger partial charge in [-0.05, 0) is 41.9 Å². The van der Waals surface area contributed by atoms with Crippen molar-refractivity contribution in [2.24, 2.45) is 0 Å². The molecule has 0 aliphatic carbocycles.